The second-order valence-electron chi connectivity index (χ2n) is 12.5. The van der Waals surface area contributed by atoms with Gasteiger partial charge in [0.2, 0.25) is 0 Å². The van der Waals surface area contributed by atoms with Gasteiger partial charge in [-0.05, 0) is 54.6 Å². The van der Waals surface area contributed by atoms with E-state index in [2.05, 4.69) is 40.7 Å². The normalized spacial score (nSPS) is 17.7. The predicted octanol–water partition coefficient (Wildman–Crippen LogP) is 3.71. The van der Waals surface area contributed by atoms with Gasteiger partial charge in [-0.3, -0.25) is 14.5 Å². The van der Waals surface area contributed by atoms with E-state index in [1.54, 1.807) is 41.7 Å². The maximum absolute atomic E-state index is 13.8. The van der Waals surface area contributed by atoms with Crippen LogP contribution in [0.3, 0.4) is 0 Å². The lowest BCUT2D eigenvalue weighted by atomic mass is 9.90. The Labute approximate surface area is 248 Å². The zero-order valence-electron chi connectivity index (χ0n) is 24.4. The molecular formula is C31H35N7O3S. The molecule has 2 N–H and O–H groups in total. The summed E-state index contributed by atoms with van der Waals surface area (Å²) in [6.45, 7) is 7.21. The Morgan fingerprint density at radius 1 is 1.12 bits per heavy atom. The molecule has 0 saturated carbocycles. The van der Waals surface area contributed by atoms with Crippen LogP contribution >= 0.6 is 11.3 Å². The highest BCUT2D eigenvalue weighted by molar-refractivity contribution is 7.15. The van der Waals surface area contributed by atoms with E-state index in [9.17, 15) is 14.7 Å². The quantitative estimate of drug-likeness (QED) is 0.368. The van der Waals surface area contributed by atoms with Crippen molar-refractivity contribution in [3.05, 3.63) is 74.0 Å². The van der Waals surface area contributed by atoms with Gasteiger partial charge in [-0.15, -0.1) is 11.3 Å². The van der Waals surface area contributed by atoms with E-state index in [1.165, 1.54) is 20.7 Å². The number of thiazole rings is 1. The molecule has 6 heterocycles. The maximum atomic E-state index is 13.8. The maximum Gasteiger partial charge on any atom is 0.276 e. The largest absolute Gasteiger partial charge is 0.392 e. The monoisotopic (exact) mass is 585 g/mol. The number of fused-ring (bicyclic) bond motifs is 4. The zero-order chi connectivity index (χ0) is 29.3. The van der Waals surface area contributed by atoms with Gasteiger partial charge in [0, 0.05) is 73.7 Å². The summed E-state index contributed by atoms with van der Waals surface area (Å²) < 4.78 is 3.70. The number of nitrogens with one attached hydrogen (secondary N) is 1. The van der Waals surface area contributed by atoms with Gasteiger partial charge in [0.15, 0.2) is 5.13 Å². The number of anilines is 3. The summed E-state index contributed by atoms with van der Waals surface area (Å²) in [6.07, 6.45) is 6.24. The van der Waals surface area contributed by atoms with E-state index in [1.807, 2.05) is 12.1 Å². The number of hydrogen-bond acceptors (Lipinski definition) is 8. The predicted molar refractivity (Wildman–Crippen MR) is 164 cm³/mol. The topological polar surface area (TPSA) is 109 Å². The molecule has 0 saturated heterocycles. The van der Waals surface area contributed by atoms with E-state index in [4.69, 9.17) is 4.98 Å². The fourth-order valence-electron chi connectivity index (χ4n) is 6.69. The minimum Gasteiger partial charge on any atom is -0.392 e. The van der Waals surface area contributed by atoms with E-state index in [0.717, 1.165) is 49.2 Å². The number of carbonyl (C=O) groups is 1. The number of pyridine rings is 2. The number of aliphatic hydroxyl groups excluding tert-OH is 1. The Balaban J connectivity index is 1.23. The SMILES string of the molecule is CN1CCc2nc(Nc3cc(-c4ccnc(N5CCn6c(cc7c6CC(C)(C)C7)C5=O)c4CO)cn(C)c3=O)sc2C1. The molecule has 218 valence electrons. The number of likely N-dealkylation sites (N-methyl/N-ethyl adjacent to an activating group) is 1. The molecule has 4 aromatic heterocycles. The van der Waals surface area contributed by atoms with Crippen LogP contribution in [-0.2, 0) is 46.0 Å². The molecule has 0 aromatic carbocycles. The summed E-state index contributed by atoms with van der Waals surface area (Å²) in [6, 6.07) is 5.66. The molecule has 42 heavy (non-hydrogen) atoms. The van der Waals surface area contributed by atoms with Crippen molar-refractivity contribution in [2.24, 2.45) is 12.5 Å². The first-order valence-corrected chi connectivity index (χ1v) is 15.2. The van der Waals surface area contributed by atoms with Crippen molar-refractivity contribution in [2.45, 2.75) is 52.8 Å². The first-order chi connectivity index (χ1) is 20.1. The molecule has 0 unspecified atom stereocenters. The van der Waals surface area contributed by atoms with Crippen LogP contribution in [0.5, 0.6) is 0 Å². The van der Waals surface area contributed by atoms with E-state index < -0.39 is 0 Å². The fourth-order valence-corrected chi connectivity index (χ4v) is 7.79. The van der Waals surface area contributed by atoms with Gasteiger partial charge >= 0.3 is 0 Å². The van der Waals surface area contributed by atoms with Crippen LogP contribution < -0.4 is 15.8 Å². The number of carbonyl (C=O) groups excluding carboxylic acids is 1. The van der Waals surface area contributed by atoms with E-state index in [-0.39, 0.29) is 23.5 Å². The van der Waals surface area contributed by atoms with Crippen molar-refractivity contribution in [1.82, 2.24) is 24.0 Å². The van der Waals surface area contributed by atoms with Crippen molar-refractivity contribution in [2.75, 3.05) is 30.4 Å². The molecule has 4 aromatic rings. The molecule has 11 heteroatoms. The van der Waals surface area contributed by atoms with Crippen molar-refractivity contribution in [3.63, 3.8) is 0 Å². The second kappa shape index (κ2) is 9.89. The van der Waals surface area contributed by atoms with Crippen LogP contribution in [-0.4, -0.2) is 55.2 Å². The highest BCUT2D eigenvalue weighted by Crippen LogP contribution is 2.40. The van der Waals surface area contributed by atoms with E-state index in [0.29, 0.717) is 41.0 Å². The first-order valence-electron chi connectivity index (χ1n) is 14.4. The van der Waals surface area contributed by atoms with Crippen LogP contribution in [0.4, 0.5) is 16.6 Å². The van der Waals surface area contributed by atoms with Crippen LogP contribution in [0.25, 0.3) is 11.1 Å². The Morgan fingerprint density at radius 2 is 1.95 bits per heavy atom. The van der Waals surface area contributed by atoms with Crippen LogP contribution in [0.2, 0.25) is 0 Å². The average Bonchev–Trinajstić information content (AvgIpc) is 3.60. The van der Waals surface area contributed by atoms with Crippen molar-refractivity contribution in [1.29, 1.82) is 0 Å². The highest BCUT2D eigenvalue weighted by Gasteiger charge is 2.37. The summed E-state index contributed by atoms with van der Waals surface area (Å²) in [5.74, 6) is 0.349. The molecule has 3 aliphatic rings. The third-order valence-corrected chi connectivity index (χ3v) is 9.73. The van der Waals surface area contributed by atoms with Gasteiger partial charge in [0.1, 0.15) is 17.2 Å². The molecule has 10 nitrogen and oxygen atoms in total. The van der Waals surface area contributed by atoms with Crippen LogP contribution in [0.15, 0.2) is 35.4 Å². The van der Waals surface area contributed by atoms with Gasteiger partial charge in [0.05, 0.1) is 12.3 Å². The lowest BCUT2D eigenvalue weighted by Gasteiger charge is -2.31. The molecule has 0 spiro atoms. The van der Waals surface area contributed by atoms with E-state index >= 15 is 0 Å². The molecule has 0 bridgehead atoms. The number of amides is 1. The highest BCUT2D eigenvalue weighted by atomic mass is 32.1. The lowest BCUT2D eigenvalue weighted by molar-refractivity contribution is 0.0962. The zero-order valence-corrected chi connectivity index (χ0v) is 25.2. The van der Waals surface area contributed by atoms with Gasteiger partial charge in [-0.25, -0.2) is 9.97 Å². The number of hydrogen-bond donors (Lipinski definition) is 2. The summed E-state index contributed by atoms with van der Waals surface area (Å²) in [5.41, 5.74) is 6.75. The molecule has 2 aliphatic heterocycles. The fraction of sp³-hybridized carbons (Fsp3) is 0.419. The average molecular weight is 586 g/mol. The summed E-state index contributed by atoms with van der Waals surface area (Å²) in [5, 5.41) is 14.5. The van der Waals surface area contributed by atoms with Gasteiger partial charge < -0.3 is 24.5 Å². The lowest BCUT2D eigenvalue weighted by Crippen LogP contribution is -2.41. The van der Waals surface area contributed by atoms with Gasteiger partial charge in [-0.1, -0.05) is 13.8 Å². The minimum atomic E-state index is -0.299. The van der Waals surface area contributed by atoms with Crippen molar-refractivity contribution >= 4 is 33.9 Å². The summed E-state index contributed by atoms with van der Waals surface area (Å²) >= 11 is 1.57. The third-order valence-electron chi connectivity index (χ3n) is 8.73. The van der Waals surface area contributed by atoms with Crippen molar-refractivity contribution in [3.8, 4) is 11.1 Å². The third kappa shape index (κ3) is 4.47. The molecule has 7 rings (SSSR count). The number of aliphatic hydroxyl groups is 1. The van der Waals surface area contributed by atoms with Gasteiger partial charge in [-0.2, -0.15) is 0 Å². The number of aromatic nitrogens is 4. The molecular weight excluding hydrogens is 550 g/mol. The Hall–Kier alpha value is -3.80. The molecule has 1 amide bonds. The van der Waals surface area contributed by atoms with Crippen LogP contribution in [0, 0.1) is 5.41 Å². The molecule has 0 radical (unpaired) electrons. The van der Waals surface area contributed by atoms with Crippen molar-refractivity contribution < 1.29 is 9.90 Å². The molecule has 0 fully saturated rings. The summed E-state index contributed by atoms with van der Waals surface area (Å²) in [4.78, 5) is 41.4. The minimum absolute atomic E-state index is 0.103. The Morgan fingerprint density at radius 3 is 2.76 bits per heavy atom. The first kappa shape index (κ1) is 27.1. The number of nitrogens with zero attached hydrogens (tertiary/aromatic N) is 6. The molecule has 0 atom stereocenters. The molecule has 1 aliphatic carbocycles. The van der Waals surface area contributed by atoms with Crippen LogP contribution in [0.1, 0.15) is 51.7 Å². The van der Waals surface area contributed by atoms with Gasteiger partial charge in [0.25, 0.3) is 11.5 Å². The smallest absolute Gasteiger partial charge is 0.276 e. The number of aryl methyl sites for hydroxylation is 1. The summed E-state index contributed by atoms with van der Waals surface area (Å²) in [7, 11) is 3.81. The second-order valence-corrected chi connectivity index (χ2v) is 13.6. The Kier molecular flexibility index (Phi) is 6.37. The Bertz CT molecular complexity index is 1800. The standard InChI is InChI=1S/C31H35N7O3S/c1-31(2)13-18-12-24-29(41)38(10-9-37(24)25(18)14-31)27-21(17-39)20(5-7-32-27)19-11-23(28(40)36(4)15-19)34-30-33-22-6-8-35(3)16-26(22)42-30/h5,7,11-12,15,39H,6,8-10,13-14,16-17H2,1-4H3,(H,33,34). The number of rotatable bonds is 5.